The summed E-state index contributed by atoms with van der Waals surface area (Å²) in [6.07, 6.45) is 5.18. The van der Waals surface area contributed by atoms with Gasteiger partial charge in [0.15, 0.2) is 0 Å². The highest BCUT2D eigenvalue weighted by Gasteiger charge is 2.24. The lowest BCUT2D eigenvalue weighted by Gasteiger charge is -2.31. The van der Waals surface area contributed by atoms with E-state index in [4.69, 9.17) is 0 Å². The molecule has 1 N–H and O–H groups in total. The third-order valence-electron chi connectivity index (χ3n) is 3.74. The molecule has 0 saturated carbocycles. The van der Waals surface area contributed by atoms with Crippen LogP contribution in [0.2, 0.25) is 0 Å². The number of aryl methyl sites for hydroxylation is 1. The Morgan fingerprint density at radius 3 is 3.00 bits per heavy atom. The van der Waals surface area contributed by atoms with E-state index in [1.807, 2.05) is 0 Å². The third kappa shape index (κ3) is 2.46. The Morgan fingerprint density at radius 2 is 2.19 bits per heavy atom. The van der Waals surface area contributed by atoms with E-state index in [1.54, 1.807) is 11.1 Å². The maximum atomic E-state index is 3.64. The van der Waals surface area contributed by atoms with Crippen molar-refractivity contribution in [1.82, 2.24) is 5.32 Å². The minimum Gasteiger partial charge on any atom is -0.314 e. The van der Waals surface area contributed by atoms with Crippen LogP contribution in [0.4, 0.5) is 0 Å². The molecule has 2 atom stereocenters. The second-order valence-corrected chi connectivity index (χ2v) is 4.94. The van der Waals surface area contributed by atoms with Crippen molar-refractivity contribution in [2.45, 2.75) is 51.5 Å². The van der Waals surface area contributed by atoms with E-state index >= 15 is 0 Å². The highest BCUT2D eigenvalue weighted by Crippen LogP contribution is 2.33. The van der Waals surface area contributed by atoms with Gasteiger partial charge in [-0.2, -0.15) is 0 Å². The molecule has 1 aromatic rings. The van der Waals surface area contributed by atoms with Crippen LogP contribution in [0.15, 0.2) is 24.3 Å². The van der Waals surface area contributed by atoms with E-state index in [0.717, 1.165) is 12.5 Å². The Bertz CT molecular complexity index is 332. The van der Waals surface area contributed by atoms with Gasteiger partial charge in [0.1, 0.15) is 0 Å². The zero-order chi connectivity index (χ0) is 11.4. The van der Waals surface area contributed by atoms with Gasteiger partial charge >= 0.3 is 0 Å². The first-order valence-electron chi connectivity index (χ1n) is 6.64. The van der Waals surface area contributed by atoms with Gasteiger partial charge in [-0.25, -0.2) is 0 Å². The molecule has 0 bridgehead atoms. The van der Waals surface area contributed by atoms with Crippen LogP contribution >= 0.6 is 0 Å². The average Bonchev–Trinajstić information content (AvgIpc) is 2.35. The van der Waals surface area contributed by atoms with Crippen LogP contribution in [-0.2, 0) is 6.42 Å². The molecular formula is C15H23N. The van der Waals surface area contributed by atoms with Crippen LogP contribution in [0.5, 0.6) is 0 Å². The van der Waals surface area contributed by atoms with Crippen molar-refractivity contribution in [3.63, 3.8) is 0 Å². The Kier molecular flexibility index (Phi) is 4.00. The molecule has 2 rings (SSSR count). The molecule has 0 radical (unpaired) electrons. The second-order valence-electron chi connectivity index (χ2n) is 4.94. The van der Waals surface area contributed by atoms with E-state index in [0.29, 0.717) is 6.04 Å². The largest absolute Gasteiger partial charge is 0.314 e. The average molecular weight is 217 g/mol. The Labute approximate surface area is 99.3 Å². The molecular weight excluding hydrogens is 194 g/mol. The summed E-state index contributed by atoms with van der Waals surface area (Å²) in [6.45, 7) is 5.71. The van der Waals surface area contributed by atoms with E-state index in [2.05, 4.69) is 43.4 Å². The molecule has 88 valence electrons. The van der Waals surface area contributed by atoms with Crippen LogP contribution < -0.4 is 5.32 Å². The van der Waals surface area contributed by atoms with Gasteiger partial charge in [0.2, 0.25) is 0 Å². The summed E-state index contributed by atoms with van der Waals surface area (Å²) >= 11 is 0. The Morgan fingerprint density at radius 1 is 1.38 bits per heavy atom. The highest BCUT2D eigenvalue weighted by atomic mass is 14.9. The molecule has 0 fully saturated rings. The van der Waals surface area contributed by atoms with Gasteiger partial charge < -0.3 is 5.32 Å². The minimum absolute atomic E-state index is 0.612. The lowest BCUT2D eigenvalue weighted by Crippen LogP contribution is -2.34. The molecule has 1 aliphatic rings. The third-order valence-corrected chi connectivity index (χ3v) is 3.74. The van der Waals surface area contributed by atoms with Crippen molar-refractivity contribution in [2.75, 3.05) is 6.54 Å². The van der Waals surface area contributed by atoms with Gasteiger partial charge in [-0.15, -0.1) is 0 Å². The topological polar surface area (TPSA) is 12.0 Å². The number of nitrogens with one attached hydrogen (secondary N) is 1. The zero-order valence-corrected chi connectivity index (χ0v) is 10.5. The standard InChI is InChI=1S/C15H23N/c1-3-11-16-12(2)14-10-6-8-13-7-4-5-9-15(13)14/h4-5,7,9,12,14,16H,3,6,8,10-11H2,1-2H3. The van der Waals surface area contributed by atoms with E-state index < -0.39 is 0 Å². The number of hydrogen-bond donors (Lipinski definition) is 1. The van der Waals surface area contributed by atoms with Crippen LogP contribution in [0.25, 0.3) is 0 Å². The van der Waals surface area contributed by atoms with E-state index in [-0.39, 0.29) is 0 Å². The van der Waals surface area contributed by atoms with Crippen LogP contribution in [-0.4, -0.2) is 12.6 Å². The van der Waals surface area contributed by atoms with Crippen LogP contribution in [0.1, 0.15) is 50.2 Å². The van der Waals surface area contributed by atoms with Crippen molar-refractivity contribution in [3.05, 3.63) is 35.4 Å². The predicted molar refractivity (Wildman–Crippen MR) is 69.9 cm³/mol. The van der Waals surface area contributed by atoms with Crippen LogP contribution in [0, 0.1) is 0 Å². The number of benzene rings is 1. The molecule has 0 saturated heterocycles. The van der Waals surface area contributed by atoms with Crippen molar-refractivity contribution in [3.8, 4) is 0 Å². The van der Waals surface area contributed by atoms with Crippen molar-refractivity contribution >= 4 is 0 Å². The minimum atomic E-state index is 0.612. The van der Waals surface area contributed by atoms with E-state index in [9.17, 15) is 0 Å². The van der Waals surface area contributed by atoms with Crippen molar-refractivity contribution < 1.29 is 0 Å². The number of fused-ring (bicyclic) bond motifs is 1. The maximum absolute atomic E-state index is 3.64. The second kappa shape index (κ2) is 5.49. The molecule has 16 heavy (non-hydrogen) atoms. The lowest BCUT2D eigenvalue weighted by atomic mass is 9.79. The predicted octanol–water partition coefficient (Wildman–Crippen LogP) is 3.49. The van der Waals surface area contributed by atoms with Crippen LogP contribution in [0.3, 0.4) is 0 Å². The molecule has 1 aromatic carbocycles. The van der Waals surface area contributed by atoms with E-state index in [1.165, 1.54) is 25.7 Å². The summed E-state index contributed by atoms with van der Waals surface area (Å²) in [5.41, 5.74) is 3.16. The van der Waals surface area contributed by atoms with Gasteiger partial charge in [-0.1, -0.05) is 31.2 Å². The fourth-order valence-corrected chi connectivity index (χ4v) is 2.83. The molecule has 1 nitrogen and oxygen atoms in total. The molecule has 1 aliphatic carbocycles. The number of hydrogen-bond acceptors (Lipinski definition) is 1. The zero-order valence-electron chi connectivity index (χ0n) is 10.5. The Balaban J connectivity index is 2.12. The Hall–Kier alpha value is -0.820. The quantitative estimate of drug-likeness (QED) is 0.814. The number of rotatable bonds is 4. The van der Waals surface area contributed by atoms with Crippen molar-refractivity contribution in [1.29, 1.82) is 0 Å². The summed E-state index contributed by atoms with van der Waals surface area (Å²) < 4.78 is 0. The smallest absolute Gasteiger partial charge is 0.0108 e. The monoisotopic (exact) mass is 217 g/mol. The highest BCUT2D eigenvalue weighted by molar-refractivity contribution is 5.33. The van der Waals surface area contributed by atoms with Gasteiger partial charge in [-0.3, -0.25) is 0 Å². The van der Waals surface area contributed by atoms with Gasteiger partial charge in [0.25, 0.3) is 0 Å². The molecule has 0 amide bonds. The first-order valence-corrected chi connectivity index (χ1v) is 6.64. The molecule has 0 heterocycles. The summed E-state index contributed by atoms with van der Waals surface area (Å²) in [7, 11) is 0. The van der Waals surface area contributed by atoms with Gasteiger partial charge in [0.05, 0.1) is 0 Å². The molecule has 0 aliphatic heterocycles. The van der Waals surface area contributed by atoms with Crippen molar-refractivity contribution in [2.24, 2.45) is 0 Å². The fourth-order valence-electron chi connectivity index (χ4n) is 2.83. The fraction of sp³-hybridized carbons (Fsp3) is 0.600. The first-order chi connectivity index (χ1) is 7.83. The molecule has 0 aromatic heterocycles. The maximum Gasteiger partial charge on any atom is 0.0108 e. The van der Waals surface area contributed by atoms with Gasteiger partial charge in [0, 0.05) is 6.04 Å². The summed E-state index contributed by atoms with van der Waals surface area (Å²) in [4.78, 5) is 0. The summed E-state index contributed by atoms with van der Waals surface area (Å²) in [5.74, 6) is 0.719. The first kappa shape index (κ1) is 11.7. The molecule has 2 unspecified atom stereocenters. The molecule has 1 heteroatoms. The normalized spacial score (nSPS) is 21.5. The molecule has 0 spiro atoms. The SMILES string of the molecule is CCCNC(C)C1CCCc2ccccc21. The summed E-state index contributed by atoms with van der Waals surface area (Å²) in [6, 6.07) is 9.59. The lowest BCUT2D eigenvalue weighted by molar-refractivity contribution is 0.414. The van der Waals surface area contributed by atoms with Gasteiger partial charge in [-0.05, 0) is 56.2 Å². The summed E-state index contributed by atoms with van der Waals surface area (Å²) in [5, 5.41) is 3.64.